The standard InChI is InChI=1S/C26H30FN5OS/c1-3-5-6-10-19(9-4-2)23-17-22-24(34-23)26(32-13-15-33-16-14-32)30-25(29-22)21-12-8-7-11-20(21)18-28-31-27/h5-9,11-12,17-18,31H,3-4,10,13-16H2,1-2H3/b6-5-,19-9+,28-18-. The van der Waals surface area contributed by atoms with Gasteiger partial charge in [-0.05, 0) is 30.9 Å². The van der Waals surface area contributed by atoms with E-state index in [0.29, 0.717) is 19.0 Å². The van der Waals surface area contributed by atoms with Gasteiger partial charge in [0.05, 0.1) is 29.6 Å². The first-order chi connectivity index (χ1) is 16.7. The Morgan fingerprint density at radius 2 is 2.00 bits per heavy atom. The SMILES string of the molecule is CC/C=C\C/C(=C\CC)c1cc2nc(-c3ccccc3/C=N\NF)nc(N3CCOCC3)c2s1. The molecular weight excluding hydrogens is 449 g/mol. The highest BCUT2D eigenvalue weighted by atomic mass is 32.1. The number of hydrazone groups is 1. The molecule has 1 N–H and O–H groups in total. The summed E-state index contributed by atoms with van der Waals surface area (Å²) in [5.74, 6) is 1.53. The summed E-state index contributed by atoms with van der Waals surface area (Å²) in [6.07, 6.45) is 11.1. The molecule has 1 aliphatic rings. The third-order valence-corrected chi connectivity index (χ3v) is 6.82. The Kier molecular flexibility index (Phi) is 8.38. The molecule has 1 aliphatic heterocycles. The number of benzene rings is 1. The monoisotopic (exact) mass is 479 g/mol. The Hall–Kier alpha value is -3.10. The maximum atomic E-state index is 12.5. The third-order valence-electron chi connectivity index (χ3n) is 5.63. The molecule has 0 bridgehead atoms. The summed E-state index contributed by atoms with van der Waals surface area (Å²) in [5.41, 5.74) is 5.11. The van der Waals surface area contributed by atoms with E-state index in [1.165, 1.54) is 22.3 Å². The number of morpholine rings is 1. The first kappa shape index (κ1) is 24.0. The van der Waals surface area contributed by atoms with Crippen molar-refractivity contribution in [1.82, 2.24) is 15.6 Å². The number of hydrogen-bond donors (Lipinski definition) is 1. The Morgan fingerprint density at radius 3 is 2.76 bits per heavy atom. The topological polar surface area (TPSA) is 62.6 Å². The zero-order chi connectivity index (χ0) is 23.8. The van der Waals surface area contributed by atoms with E-state index in [4.69, 9.17) is 14.7 Å². The van der Waals surface area contributed by atoms with E-state index < -0.39 is 0 Å². The lowest BCUT2D eigenvalue weighted by Gasteiger charge is -2.28. The molecule has 0 amide bonds. The zero-order valence-electron chi connectivity index (χ0n) is 19.6. The smallest absolute Gasteiger partial charge is 0.162 e. The van der Waals surface area contributed by atoms with Crippen molar-refractivity contribution in [3.63, 3.8) is 0 Å². The van der Waals surface area contributed by atoms with Crippen LogP contribution in [-0.2, 0) is 4.74 Å². The van der Waals surface area contributed by atoms with Gasteiger partial charge in [0.2, 0.25) is 0 Å². The summed E-state index contributed by atoms with van der Waals surface area (Å²) in [5, 5.41) is 3.55. The van der Waals surface area contributed by atoms with Crippen LogP contribution in [0.5, 0.6) is 0 Å². The molecule has 1 aromatic carbocycles. The maximum absolute atomic E-state index is 12.5. The Morgan fingerprint density at radius 1 is 1.18 bits per heavy atom. The van der Waals surface area contributed by atoms with Gasteiger partial charge in [-0.2, -0.15) is 5.10 Å². The van der Waals surface area contributed by atoms with Gasteiger partial charge >= 0.3 is 0 Å². The van der Waals surface area contributed by atoms with Gasteiger partial charge in [0.1, 0.15) is 0 Å². The van der Waals surface area contributed by atoms with Crippen LogP contribution in [0.2, 0.25) is 0 Å². The second-order valence-electron chi connectivity index (χ2n) is 7.95. The largest absolute Gasteiger partial charge is 0.378 e. The lowest BCUT2D eigenvalue weighted by Crippen LogP contribution is -2.36. The molecule has 2 aromatic heterocycles. The van der Waals surface area contributed by atoms with Gasteiger partial charge in [0.15, 0.2) is 11.6 Å². The van der Waals surface area contributed by atoms with Crippen molar-refractivity contribution in [2.24, 2.45) is 5.10 Å². The van der Waals surface area contributed by atoms with Crippen LogP contribution in [0.1, 0.15) is 43.6 Å². The molecule has 8 heteroatoms. The minimum atomic E-state index is 0.603. The number of thiophene rings is 1. The first-order valence-corrected chi connectivity index (χ1v) is 12.5. The van der Waals surface area contributed by atoms with E-state index >= 15 is 0 Å². The molecule has 0 spiro atoms. The molecule has 1 fully saturated rings. The van der Waals surface area contributed by atoms with Gasteiger partial charge in [0.25, 0.3) is 0 Å². The molecule has 3 heterocycles. The lowest BCUT2D eigenvalue weighted by molar-refractivity contribution is 0.122. The highest BCUT2D eigenvalue weighted by Gasteiger charge is 2.21. The first-order valence-electron chi connectivity index (χ1n) is 11.7. The lowest BCUT2D eigenvalue weighted by atomic mass is 10.1. The van der Waals surface area contributed by atoms with Crippen LogP contribution >= 0.6 is 11.3 Å². The predicted molar refractivity (Wildman–Crippen MR) is 140 cm³/mol. The molecular formula is C26H30FN5OS. The van der Waals surface area contributed by atoms with Gasteiger partial charge in [-0.3, -0.25) is 0 Å². The van der Waals surface area contributed by atoms with E-state index in [1.807, 2.05) is 24.3 Å². The summed E-state index contributed by atoms with van der Waals surface area (Å²) in [4.78, 5) is 13.5. The van der Waals surface area contributed by atoms with Crippen molar-refractivity contribution in [3.05, 3.63) is 59.0 Å². The van der Waals surface area contributed by atoms with Crippen LogP contribution in [-0.4, -0.2) is 42.5 Å². The highest BCUT2D eigenvalue weighted by molar-refractivity contribution is 7.20. The molecule has 178 valence electrons. The Balaban J connectivity index is 1.85. The Labute approximate surface area is 203 Å². The molecule has 3 aromatic rings. The molecule has 34 heavy (non-hydrogen) atoms. The molecule has 0 saturated carbocycles. The summed E-state index contributed by atoms with van der Waals surface area (Å²) in [7, 11) is 0. The zero-order valence-corrected chi connectivity index (χ0v) is 20.4. The molecule has 0 unspecified atom stereocenters. The fourth-order valence-electron chi connectivity index (χ4n) is 4.00. The summed E-state index contributed by atoms with van der Waals surface area (Å²) >= 11 is 1.75. The second-order valence-corrected chi connectivity index (χ2v) is 9.00. The molecule has 0 aliphatic carbocycles. The van der Waals surface area contributed by atoms with Crippen molar-refractivity contribution in [3.8, 4) is 11.4 Å². The number of anilines is 1. The molecule has 1 saturated heterocycles. The van der Waals surface area contributed by atoms with Crippen LogP contribution < -0.4 is 10.5 Å². The minimum absolute atomic E-state index is 0.603. The van der Waals surface area contributed by atoms with Crippen LogP contribution in [0.4, 0.5) is 10.3 Å². The van der Waals surface area contributed by atoms with Crippen molar-refractivity contribution in [2.45, 2.75) is 33.1 Å². The van der Waals surface area contributed by atoms with Gasteiger partial charge in [0, 0.05) is 29.1 Å². The quantitative estimate of drug-likeness (QED) is 0.173. The van der Waals surface area contributed by atoms with Crippen LogP contribution in [0.3, 0.4) is 0 Å². The number of allylic oxidation sites excluding steroid dienone is 4. The normalized spacial score (nSPS) is 15.1. The number of nitrogens with one attached hydrogen (secondary N) is 1. The average molecular weight is 480 g/mol. The number of hydrogen-bond acceptors (Lipinski definition) is 7. The van der Waals surface area contributed by atoms with Gasteiger partial charge in [-0.15, -0.1) is 17.0 Å². The van der Waals surface area contributed by atoms with Crippen molar-refractivity contribution < 1.29 is 9.22 Å². The predicted octanol–water partition coefficient (Wildman–Crippen LogP) is 6.15. The molecule has 0 radical (unpaired) electrons. The average Bonchev–Trinajstić information content (AvgIpc) is 3.31. The summed E-state index contributed by atoms with van der Waals surface area (Å²) in [6.45, 7) is 7.23. The molecule has 0 atom stereocenters. The number of fused-ring (bicyclic) bond motifs is 1. The summed E-state index contributed by atoms with van der Waals surface area (Å²) in [6, 6.07) is 9.81. The number of aromatic nitrogens is 2. The van der Waals surface area contributed by atoms with E-state index in [2.05, 4.69) is 48.1 Å². The van der Waals surface area contributed by atoms with Gasteiger partial charge in [-0.1, -0.05) is 60.8 Å². The number of halogens is 1. The number of rotatable bonds is 9. The molecule has 4 rings (SSSR count). The Bertz CT molecular complexity index is 1200. The fraction of sp³-hybridized carbons (Fsp3) is 0.346. The molecule has 6 nitrogen and oxygen atoms in total. The van der Waals surface area contributed by atoms with Crippen LogP contribution in [0.25, 0.3) is 27.2 Å². The van der Waals surface area contributed by atoms with Crippen LogP contribution in [0.15, 0.2) is 53.7 Å². The van der Waals surface area contributed by atoms with Crippen molar-refractivity contribution in [1.29, 1.82) is 0 Å². The van der Waals surface area contributed by atoms with Crippen LogP contribution in [0, 0.1) is 0 Å². The van der Waals surface area contributed by atoms with E-state index in [0.717, 1.165) is 59.5 Å². The third kappa shape index (κ3) is 5.51. The summed E-state index contributed by atoms with van der Waals surface area (Å²) < 4.78 is 19.1. The second kappa shape index (κ2) is 11.9. The van der Waals surface area contributed by atoms with E-state index in [-0.39, 0.29) is 0 Å². The fourth-order valence-corrected chi connectivity index (χ4v) is 5.16. The van der Waals surface area contributed by atoms with E-state index in [9.17, 15) is 4.48 Å². The number of ether oxygens (including phenoxy) is 1. The van der Waals surface area contributed by atoms with E-state index in [1.54, 1.807) is 11.3 Å². The minimum Gasteiger partial charge on any atom is -0.378 e. The van der Waals surface area contributed by atoms with Crippen molar-refractivity contribution >= 4 is 39.2 Å². The van der Waals surface area contributed by atoms with Crippen molar-refractivity contribution in [2.75, 3.05) is 31.2 Å². The maximum Gasteiger partial charge on any atom is 0.162 e. The highest BCUT2D eigenvalue weighted by Crippen LogP contribution is 2.38. The van der Waals surface area contributed by atoms with Gasteiger partial charge < -0.3 is 9.64 Å². The number of nitrogens with zero attached hydrogens (tertiary/aromatic N) is 4. The van der Waals surface area contributed by atoms with Gasteiger partial charge in [-0.25, -0.2) is 9.97 Å².